The number of carbonyl (C=O) groups excluding carboxylic acids is 1. The summed E-state index contributed by atoms with van der Waals surface area (Å²) in [5.41, 5.74) is 0. The van der Waals surface area contributed by atoms with E-state index in [1.165, 1.54) is 24.3 Å². The Hall–Kier alpha value is -1.08. The van der Waals surface area contributed by atoms with E-state index >= 15 is 0 Å². The van der Waals surface area contributed by atoms with Crippen molar-refractivity contribution >= 4 is 39.2 Å². The molecule has 0 atom stereocenters. The number of carbonyl (C=O) groups is 1. The monoisotopic (exact) mass is 351 g/mol. The minimum Gasteiger partial charge on any atom is -0.465 e. The average molecular weight is 352 g/mol. The van der Waals surface area contributed by atoms with E-state index < -0.39 is 22.5 Å². The number of halogens is 2. The third-order valence-electron chi connectivity index (χ3n) is 2.42. The molecule has 21 heavy (non-hydrogen) atoms. The quantitative estimate of drug-likeness (QED) is 0.559. The summed E-state index contributed by atoms with van der Waals surface area (Å²) in [7, 11) is -3.93. The summed E-state index contributed by atoms with van der Waals surface area (Å²) in [5.74, 6) is -0.643. The molecule has 0 radical (unpaired) electrons. The second kappa shape index (κ2) is 7.79. The Labute approximate surface area is 134 Å². The van der Waals surface area contributed by atoms with Crippen LogP contribution in [0.2, 0.25) is 10.0 Å². The lowest BCUT2D eigenvalue weighted by atomic mass is 10.4. The summed E-state index contributed by atoms with van der Waals surface area (Å²) in [6, 6.07) is 3.96. The van der Waals surface area contributed by atoms with Crippen LogP contribution in [0.3, 0.4) is 0 Å². The van der Waals surface area contributed by atoms with E-state index in [4.69, 9.17) is 27.9 Å². The molecule has 0 N–H and O–H groups in total. The molecule has 0 spiro atoms. The van der Waals surface area contributed by atoms with Crippen molar-refractivity contribution in [3.63, 3.8) is 0 Å². The van der Waals surface area contributed by atoms with Gasteiger partial charge in [0.1, 0.15) is 6.54 Å². The van der Waals surface area contributed by atoms with Crippen LogP contribution in [-0.4, -0.2) is 38.4 Å². The highest BCUT2D eigenvalue weighted by atomic mass is 35.5. The second-order valence-electron chi connectivity index (χ2n) is 4.00. The predicted molar refractivity (Wildman–Crippen MR) is 82.1 cm³/mol. The van der Waals surface area contributed by atoms with Gasteiger partial charge in [-0.3, -0.25) is 4.79 Å². The van der Waals surface area contributed by atoms with Gasteiger partial charge >= 0.3 is 5.97 Å². The van der Waals surface area contributed by atoms with Crippen molar-refractivity contribution < 1.29 is 17.9 Å². The van der Waals surface area contributed by atoms with Gasteiger partial charge < -0.3 is 4.74 Å². The van der Waals surface area contributed by atoms with Crippen molar-refractivity contribution in [2.45, 2.75) is 11.8 Å². The standard InChI is InChI=1S/C13H15Cl2NO4S/c1-3-5-16(9-13(17)20-4-2)21(18,19)12-7-10(14)6-11(15)8-12/h3,6-8H,1,4-5,9H2,2H3. The predicted octanol–water partition coefficient (Wildman–Crippen LogP) is 2.73. The molecule has 116 valence electrons. The maximum absolute atomic E-state index is 12.5. The molecule has 0 amide bonds. The van der Waals surface area contributed by atoms with Crippen molar-refractivity contribution in [1.82, 2.24) is 4.31 Å². The lowest BCUT2D eigenvalue weighted by molar-refractivity contribution is -0.143. The highest BCUT2D eigenvalue weighted by molar-refractivity contribution is 7.89. The van der Waals surface area contributed by atoms with E-state index in [9.17, 15) is 13.2 Å². The molecular weight excluding hydrogens is 337 g/mol. The minimum atomic E-state index is -3.93. The SMILES string of the molecule is C=CCN(CC(=O)OCC)S(=O)(=O)c1cc(Cl)cc(Cl)c1. The Bertz CT molecular complexity index is 611. The van der Waals surface area contributed by atoms with Crippen molar-refractivity contribution in [1.29, 1.82) is 0 Å². The van der Waals surface area contributed by atoms with Crippen LogP contribution < -0.4 is 0 Å². The fourth-order valence-corrected chi connectivity index (χ4v) is 3.65. The first-order valence-electron chi connectivity index (χ1n) is 6.04. The number of benzene rings is 1. The normalized spacial score (nSPS) is 11.4. The highest BCUT2D eigenvalue weighted by Crippen LogP contribution is 2.24. The molecule has 0 aliphatic carbocycles. The molecular formula is C13H15Cl2NO4S. The molecule has 5 nitrogen and oxygen atoms in total. The second-order valence-corrected chi connectivity index (χ2v) is 6.81. The lowest BCUT2D eigenvalue weighted by Gasteiger charge is -2.20. The Morgan fingerprint density at radius 3 is 2.38 bits per heavy atom. The van der Waals surface area contributed by atoms with E-state index in [-0.39, 0.29) is 28.1 Å². The van der Waals surface area contributed by atoms with Crippen LogP contribution >= 0.6 is 23.2 Å². The Morgan fingerprint density at radius 1 is 1.33 bits per heavy atom. The van der Waals surface area contributed by atoms with Crippen LogP contribution in [0.1, 0.15) is 6.92 Å². The fraction of sp³-hybridized carbons (Fsp3) is 0.308. The van der Waals surface area contributed by atoms with E-state index in [1.807, 2.05) is 0 Å². The molecule has 1 aromatic rings. The first kappa shape index (κ1) is 18.0. The van der Waals surface area contributed by atoms with Crippen molar-refractivity contribution in [3.05, 3.63) is 40.9 Å². The van der Waals surface area contributed by atoms with Gasteiger partial charge in [-0.15, -0.1) is 6.58 Å². The number of hydrogen-bond acceptors (Lipinski definition) is 4. The summed E-state index contributed by atoms with van der Waals surface area (Å²) in [6.45, 7) is 4.85. The molecule has 0 aromatic heterocycles. The Kier molecular flexibility index (Phi) is 6.67. The van der Waals surface area contributed by atoms with Gasteiger partial charge in [-0.2, -0.15) is 4.31 Å². The summed E-state index contributed by atoms with van der Waals surface area (Å²) in [4.78, 5) is 11.4. The number of rotatable bonds is 7. The van der Waals surface area contributed by atoms with Gasteiger partial charge in [0.2, 0.25) is 10.0 Å². The summed E-state index contributed by atoms with van der Waals surface area (Å²) in [5, 5.41) is 0.381. The highest BCUT2D eigenvalue weighted by Gasteiger charge is 2.26. The first-order valence-corrected chi connectivity index (χ1v) is 8.23. The van der Waals surface area contributed by atoms with Crippen LogP contribution in [0, 0.1) is 0 Å². The molecule has 0 heterocycles. The van der Waals surface area contributed by atoms with E-state index in [0.29, 0.717) is 0 Å². The number of ether oxygens (including phenoxy) is 1. The average Bonchev–Trinajstić information content (AvgIpc) is 2.37. The number of nitrogens with zero attached hydrogens (tertiary/aromatic N) is 1. The van der Waals surface area contributed by atoms with Gasteiger partial charge in [-0.05, 0) is 25.1 Å². The van der Waals surface area contributed by atoms with Crippen LogP contribution in [0.5, 0.6) is 0 Å². The molecule has 1 rings (SSSR count). The maximum Gasteiger partial charge on any atom is 0.321 e. The largest absolute Gasteiger partial charge is 0.465 e. The van der Waals surface area contributed by atoms with Crippen LogP contribution in [-0.2, 0) is 19.6 Å². The zero-order valence-electron chi connectivity index (χ0n) is 11.4. The summed E-state index contributed by atoms with van der Waals surface area (Å²) in [6.07, 6.45) is 1.38. The maximum atomic E-state index is 12.5. The molecule has 0 bridgehead atoms. The molecule has 0 saturated carbocycles. The van der Waals surface area contributed by atoms with Crippen molar-refractivity contribution in [3.8, 4) is 0 Å². The summed E-state index contributed by atoms with van der Waals surface area (Å²) >= 11 is 11.6. The minimum absolute atomic E-state index is 0.0364. The van der Waals surface area contributed by atoms with Gasteiger partial charge in [0, 0.05) is 16.6 Å². The summed E-state index contributed by atoms with van der Waals surface area (Å²) < 4.78 is 30.7. The molecule has 0 aliphatic heterocycles. The number of sulfonamides is 1. The lowest BCUT2D eigenvalue weighted by Crippen LogP contribution is -2.36. The topological polar surface area (TPSA) is 63.7 Å². The first-order chi connectivity index (χ1) is 9.81. The molecule has 0 aliphatic rings. The van der Waals surface area contributed by atoms with E-state index in [0.717, 1.165) is 4.31 Å². The van der Waals surface area contributed by atoms with Crippen molar-refractivity contribution in [2.24, 2.45) is 0 Å². The van der Waals surface area contributed by atoms with Gasteiger partial charge in [-0.1, -0.05) is 29.3 Å². The Morgan fingerprint density at radius 2 is 1.90 bits per heavy atom. The van der Waals surface area contributed by atoms with Crippen LogP contribution in [0.15, 0.2) is 35.7 Å². The van der Waals surface area contributed by atoms with E-state index in [2.05, 4.69) is 6.58 Å². The molecule has 0 unspecified atom stereocenters. The smallest absolute Gasteiger partial charge is 0.321 e. The molecule has 0 saturated heterocycles. The van der Waals surface area contributed by atoms with Crippen molar-refractivity contribution in [2.75, 3.05) is 19.7 Å². The molecule has 8 heteroatoms. The molecule has 0 fully saturated rings. The number of hydrogen-bond donors (Lipinski definition) is 0. The zero-order chi connectivity index (χ0) is 16.0. The third-order valence-corrected chi connectivity index (χ3v) is 4.64. The fourth-order valence-electron chi connectivity index (χ4n) is 1.57. The van der Waals surface area contributed by atoms with Gasteiger partial charge in [-0.25, -0.2) is 8.42 Å². The third kappa shape index (κ3) is 5.00. The van der Waals surface area contributed by atoms with Crippen LogP contribution in [0.4, 0.5) is 0 Å². The number of esters is 1. The van der Waals surface area contributed by atoms with Crippen LogP contribution in [0.25, 0.3) is 0 Å². The van der Waals surface area contributed by atoms with Gasteiger partial charge in [0.25, 0.3) is 0 Å². The Balaban J connectivity index is 3.14. The van der Waals surface area contributed by atoms with E-state index in [1.54, 1.807) is 6.92 Å². The van der Waals surface area contributed by atoms with Gasteiger partial charge in [0.05, 0.1) is 11.5 Å². The molecule has 1 aromatic carbocycles. The van der Waals surface area contributed by atoms with Gasteiger partial charge in [0.15, 0.2) is 0 Å². The zero-order valence-corrected chi connectivity index (χ0v) is 13.7.